The lowest BCUT2D eigenvalue weighted by molar-refractivity contribution is -0.134. The van der Waals surface area contributed by atoms with E-state index in [9.17, 15) is 4.79 Å². The minimum absolute atomic E-state index is 0.152. The van der Waals surface area contributed by atoms with Crippen LogP contribution in [0.25, 0.3) is 11.3 Å². The summed E-state index contributed by atoms with van der Waals surface area (Å²) in [6, 6.07) is 7.49. The van der Waals surface area contributed by atoms with Gasteiger partial charge in [0.15, 0.2) is 0 Å². The van der Waals surface area contributed by atoms with E-state index in [2.05, 4.69) is 23.8 Å². The van der Waals surface area contributed by atoms with Gasteiger partial charge >= 0.3 is 5.97 Å². The van der Waals surface area contributed by atoms with Gasteiger partial charge in [0.25, 0.3) is 0 Å². The molecule has 0 saturated heterocycles. The molecule has 0 unspecified atom stereocenters. The quantitative estimate of drug-likeness (QED) is 0.224. The molecule has 1 heterocycles. The van der Waals surface area contributed by atoms with Gasteiger partial charge in [0.2, 0.25) is 0 Å². The second-order valence-corrected chi connectivity index (χ2v) is 7.37. The molecule has 0 radical (unpaired) electrons. The van der Waals surface area contributed by atoms with E-state index < -0.39 is 0 Å². The highest BCUT2D eigenvalue weighted by molar-refractivity contribution is 5.72. The first kappa shape index (κ1) is 22.1. The summed E-state index contributed by atoms with van der Waals surface area (Å²) in [7, 11) is 0. The zero-order valence-electron chi connectivity index (χ0n) is 17.5. The summed E-state index contributed by atoms with van der Waals surface area (Å²) in [5.74, 6) is 0.436. The SMILES string of the molecule is CCCCCCCCCC(=O)Oc1ccc(-c2cnc(CCCC)cn2)cc1. The van der Waals surface area contributed by atoms with Crippen LogP contribution in [0.5, 0.6) is 5.75 Å². The van der Waals surface area contributed by atoms with Crippen LogP contribution in [0.3, 0.4) is 0 Å². The predicted molar refractivity (Wildman–Crippen MR) is 114 cm³/mol. The molecule has 28 heavy (non-hydrogen) atoms. The van der Waals surface area contributed by atoms with Crippen LogP contribution in [0, 0.1) is 0 Å². The molecule has 2 aromatic rings. The van der Waals surface area contributed by atoms with E-state index in [1.807, 2.05) is 36.7 Å². The Morgan fingerprint density at radius 3 is 2.14 bits per heavy atom. The fraction of sp³-hybridized carbons (Fsp3) is 0.542. The molecule has 0 fully saturated rings. The largest absolute Gasteiger partial charge is 0.427 e. The van der Waals surface area contributed by atoms with Crippen LogP contribution in [0.4, 0.5) is 0 Å². The van der Waals surface area contributed by atoms with Crippen molar-refractivity contribution in [1.82, 2.24) is 9.97 Å². The topological polar surface area (TPSA) is 52.1 Å². The Labute approximate surface area is 169 Å². The van der Waals surface area contributed by atoms with Gasteiger partial charge in [0, 0.05) is 18.2 Å². The third-order valence-corrected chi connectivity index (χ3v) is 4.86. The second kappa shape index (κ2) is 13.0. The molecule has 1 aromatic carbocycles. The van der Waals surface area contributed by atoms with Gasteiger partial charge in [-0.05, 0) is 43.5 Å². The van der Waals surface area contributed by atoms with E-state index in [0.717, 1.165) is 49.1 Å². The van der Waals surface area contributed by atoms with Crippen molar-refractivity contribution in [2.45, 2.75) is 84.5 Å². The van der Waals surface area contributed by atoms with E-state index in [1.54, 1.807) is 0 Å². The summed E-state index contributed by atoms with van der Waals surface area (Å²) in [6.07, 6.45) is 15.8. The molecular weight excluding hydrogens is 348 g/mol. The Morgan fingerprint density at radius 1 is 0.821 bits per heavy atom. The average molecular weight is 383 g/mol. The maximum absolute atomic E-state index is 12.0. The molecule has 0 aliphatic carbocycles. The zero-order chi connectivity index (χ0) is 20.0. The second-order valence-electron chi connectivity index (χ2n) is 7.37. The molecular formula is C24H34N2O2. The number of esters is 1. The number of hydrogen-bond acceptors (Lipinski definition) is 4. The van der Waals surface area contributed by atoms with Crippen LogP contribution >= 0.6 is 0 Å². The minimum Gasteiger partial charge on any atom is -0.427 e. The summed E-state index contributed by atoms with van der Waals surface area (Å²) in [6.45, 7) is 4.39. The number of rotatable bonds is 13. The molecule has 0 N–H and O–H groups in total. The van der Waals surface area contributed by atoms with Crippen molar-refractivity contribution in [3.05, 3.63) is 42.4 Å². The van der Waals surface area contributed by atoms with Crippen LogP contribution in [0.1, 0.15) is 83.7 Å². The Bertz CT molecular complexity index is 681. The summed E-state index contributed by atoms with van der Waals surface area (Å²) in [5, 5.41) is 0. The van der Waals surface area contributed by atoms with Crippen molar-refractivity contribution in [2.24, 2.45) is 0 Å². The van der Waals surface area contributed by atoms with E-state index in [1.165, 1.54) is 32.1 Å². The third-order valence-electron chi connectivity index (χ3n) is 4.86. The van der Waals surface area contributed by atoms with Crippen molar-refractivity contribution in [3.63, 3.8) is 0 Å². The van der Waals surface area contributed by atoms with Crippen LogP contribution in [-0.4, -0.2) is 15.9 Å². The molecule has 2 rings (SSSR count). The van der Waals surface area contributed by atoms with Crippen LogP contribution in [0.15, 0.2) is 36.7 Å². The van der Waals surface area contributed by atoms with E-state index in [0.29, 0.717) is 12.2 Å². The maximum Gasteiger partial charge on any atom is 0.311 e. The van der Waals surface area contributed by atoms with Crippen LogP contribution < -0.4 is 4.74 Å². The lowest BCUT2D eigenvalue weighted by Gasteiger charge is -2.06. The maximum atomic E-state index is 12.0. The monoisotopic (exact) mass is 382 g/mol. The van der Waals surface area contributed by atoms with Gasteiger partial charge in [-0.3, -0.25) is 14.8 Å². The first-order chi connectivity index (χ1) is 13.7. The molecule has 0 saturated carbocycles. The molecule has 4 heteroatoms. The molecule has 0 spiro atoms. The number of ether oxygens (including phenoxy) is 1. The summed E-state index contributed by atoms with van der Waals surface area (Å²) < 4.78 is 5.44. The number of carbonyl (C=O) groups is 1. The molecule has 0 amide bonds. The first-order valence-corrected chi connectivity index (χ1v) is 10.8. The number of hydrogen-bond donors (Lipinski definition) is 0. The molecule has 0 aliphatic rings. The van der Waals surface area contributed by atoms with Crippen molar-refractivity contribution in [3.8, 4) is 17.0 Å². The summed E-state index contributed by atoms with van der Waals surface area (Å²) in [4.78, 5) is 21.0. The van der Waals surface area contributed by atoms with Gasteiger partial charge < -0.3 is 4.74 Å². The number of carbonyl (C=O) groups excluding carboxylic acids is 1. The van der Waals surface area contributed by atoms with Crippen LogP contribution in [0.2, 0.25) is 0 Å². The number of unbranched alkanes of at least 4 members (excludes halogenated alkanes) is 7. The van der Waals surface area contributed by atoms with Gasteiger partial charge in [0.1, 0.15) is 5.75 Å². The molecule has 0 atom stereocenters. The van der Waals surface area contributed by atoms with Crippen molar-refractivity contribution in [1.29, 1.82) is 0 Å². The third kappa shape index (κ3) is 8.20. The summed E-state index contributed by atoms with van der Waals surface area (Å²) in [5.41, 5.74) is 2.84. The minimum atomic E-state index is -0.152. The molecule has 4 nitrogen and oxygen atoms in total. The standard InChI is InChI=1S/C24H34N2O2/c1-3-5-7-8-9-10-11-13-24(27)28-22-16-14-20(15-17-22)23-19-25-21(18-26-23)12-6-4-2/h14-19H,3-13H2,1-2H3. The fourth-order valence-electron chi connectivity index (χ4n) is 3.09. The van der Waals surface area contributed by atoms with Gasteiger partial charge in [-0.15, -0.1) is 0 Å². The van der Waals surface area contributed by atoms with E-state index in [-0.39, 0.29) is 5.97 Å². The lowest BCUT2D eigenvalue weighted by Crippen LogP contribution is -2.07. The Kier molecular flexibility index (Phi) is 10.3. The molecule has 152 valence electrons. The molecule has 1 aromatic heterocycles. The van der Waals surface area contributed by atoms with Gasteiger partial charge in [-0.2, -0.15) is 0 Å². The fourth-order valence-corrected chi connectivity index (χ4v) is 3.09. The van der Waals surface area contributed by atoms with Gasteiger partial charge in [-0.1, -0.05) is 58.8 Å². The smallest absolute Gasteiger partial charge is 0.311 e. The van der Waals surface area contributed by atoms with Crippen LogP contribution in [-0.2, 0) is 11.2 Å². The number of nitrogens with zero attached hydrogens (tertiary/aromatic N) is 2. The number of aryl methyl sites for hydroxylation is 1. The lowest BCUT2D eigenvalue weighted by atomic mass is 10.1. The summed E-state index contributed by atoms with van der Waals surface area (Å²) >= 11 is 0. The van der Waals surface area contributed by atoms with Crippen molar-refractivity contribution < 1.29 is 9.53 Å². The average Bonchev–Trinajstić information content (AvgIpc) is 2.72. The highest BCUT2D eigenvalue weighted by atomic mass is 16.5. The molecule has 0 bridgehead atoms. The zero-order valence-corrected chi connectivity index (χ0v) is 17.5. The van der Waals surface area contributed by atoms with E-state index >= 15 is 0 Å². The van der Waals surface area contributed by atoms with Crippen molar-refractivity contribution >= 4 is 5.97 Å². The Balaban J connectivity index is 1.73. The number of benzene rings is 1. The molecule has 0 aliphatic heterocycles. The normalized spacial score (nSPS) is 10.8. The Hall–Kier alpha value is -2.23. The first-order valence-electron chi connectivity index (χ1n) is 10.8. The van der Waals surface area contributed by atoms with Gasteiger partial charge in [0.05, 0.1) is 17.6 Å². The highest BCUT2D eigenvalue weighted by Crippen LogP contribution is 2.21. The Morgan fingerprint density at radius 2 is 1.50 bits per heavy atom. The highest BCUT2D eigenvalue weighted by Gasteiger charge is 2.06. The van der Waals surface area contributed by atoms with E-state index in [4.69, 9.17) is 4.74 Å². The van der Waals surface area contributed by atoms with Crippen molar-refractivity contribution in [2.75, 3.05) is 0 Å². The predicted octanol–water partition coefficient (Wildman–Crippen LogP) is 6.53. The van der Waals surface area contributed by atoms with Gasteiger partial charge in [-0.25, -0.2) is 0 Å². The number of aromatic nitrogens is 2.